The molecule has 0 radical (unpaired) electrons. The van der Waals surface area contributed by atoms with Gasteiger partial charge in [-0.15, -0.1) is 23.1 Å². The highest BCUT2D eigenvalue weighted by Crippen LogP contribution is 2.22. The van der Waals surface area contributed by atoms with Crippen LogP contribution in [0.3, 0.4) is 0 Å². The molecule has 1 heterocycles. The Balaban J connectivity index is 2.44. The molecule has 0 fully saturated rings. The lowest BCUT2D eigenvalue weighted by atomic mass is 10.3. The summed E-state index contributed by atoms with van der Waals surface area (Å²) in [6, 6.07) is 0.452. The Morgan fingerprint density at radius 3 is 2.76 bits per heavy atom. The van der Waals surface area contributed by atoms with E-state index >= 15 is 0 Å². The Hall–Kier alpha value is -2.07. The van der Waals surface area contributed by atoms with Gasteiger partial charge in [0.25, 0.3) is 5.91 Å². The van der Waals surface area contributed by atoms with Gasteiger partial charge in [-0.2, -0.15) is 0 Å². The highest BCUT2D eigenvalue weighted by Gasteiger charge is 2.17. The van der Waals surface area contributed by atoms with E-state index in [0.717, 1.165) is 23.1 Å². The van der Waals surface area contributed by atoms with Crippen molar-refractivity contribution in [3.8, 4) is 0 Å². The van der Waals surface area contributed by atoms with E-state index in [-0.39, 0.29) is 23.0 Å². The zero-order valence-electron chi connectivity index (χ0n) is 10.7. The smallest absolute Gasteiger partial charge is 0.327 e. The first kappa shape index (κ1) is 17.0. The summed E-state index contributed by atoms with van der Waals surface area (Å²) in [5.41, 5.74) is 5.37. The van der Waals surface area contributed by atoms with E-state index in [2.05, 4.69) is 10.6 Å². The number of carbonyl (C=O) groups is 4. The van der Waals surface area contributed by atoms with Crippen LogP contribution in [0.15, 0.2) is 11.4 Å². The summed E-state index contributed by atoms with van der Waals surface area (Å²) >= 11 is 2.21. The molecule has 1 unspecified atom stereocenters. The summed E-state index contributed by atoms with van der Waals surface area (Å²) in [6.07, 6.45) is 0.296. The lowest BCUT2D eigenvalue weighted by Crippen LogP contribution is -2.38. The van der Waals surface area contributed by atoms with Crippen LogP contribution in [-0.2, 0) is 14.4 Å². The fraction of sp³-hybridized carbons (Fsp3) is 0.273. The van der Waals surface area contributed by atoms with Gasteiger partial charge in [-0.05, 0) is 11.4 Å². The second-order valence-electron chi connectivity index (χ2n) is 3.77. The monoisotopic (exact) mass is 331 g/mol. The third-order valence-electron chi connectivity index (χ3n) is 2.27. The fourth-order valence-electron chi connectivity index (χ4n) is 1.31. The molecule has 5 N–H and O–H groups in total. The quantitative estimate of drug-likeness (QED) is 0.459. The Bertz CT molecular complexity index is 546. The van der Waals surface area contributed by atoms with E-state index in [1.165, 1.54) is 6.07 Å². The summed E-state index contributed by atoms with van der Waals surface area (Å²) in [7, 11) is 0. The van der Waals surface area contributed by atoms with E-state index in [1.807, 2.05) is 0 Å². The number of carboxylic acid groups (broad SMARTS) is 1. The molecule has 0 aromatic carbocycles. The molecule has 0 saturated heterocycles. The standard InChI is InChI=1S/C11H13N3O5S2/c12-9(17)6-1-2-21-10(6)14-8(16)4-20-3-7(11(18)19)13-5-15/h1-2,5,7H,3-4H2,(H2,12,17)(H,13,15)(H,14,16)(H,18,19). The van der Waals surface area contributed by atoms with Crippen LogP contribution >= 0.6 is 23.1 Å². The van der Waals surface area contributed by atoms with E-state index in [9.17, 15) is 19.2 Å². The van der Waals surface area contributed by atoms with Gasteiger partial charge in [-0.3, -0.25) is 14.4 Å². The number of carbonyl (C=O) groups excluding carboxylic acids is 3. The third kappa shape index (κ3) is 5.44. The average Bonchev–Trinajstić information content (AvgIpc) is 2.85. The van der Waals surface area contributed by atoms with Crippen LogP contribution in [0, 0.1) is 0 Å². The number of thioether (sulfide) groups is 1. The van der Waals surface area contributed by atoms with Gasteiger partial charge in [0.2, 0.25) is 12.3 Å². The molecule has 10 heteroatoms. The fourth-order valence-corrected chi connectivity index (χ4v) is 2.96. The maximum absolute atomic E-state index is 11.7. The van der Waals surface area contributed by atoms with Crippen molar-refractivity contribution >= 4 is 52.3 Å². The first-order valence-corrected chi connectivity index (χ1v) is 7.66. The lowest BCUT2D eigenvalue weighted by molar-refractivity contribution is -0.139. The molecule has 0 bridgehead atoms. The van der Waals surface area contributed by atoms with E-state index in [1.54, 1.807) is 5.38 Å². The summed E-state index contributed by atoms with van der Waals surface area (Å²) < 4.78 is 0. The minimum absolute atomic E-state index is 0.0135. The average molecular weight is 331 g/mol. The van der Waals surface area contributed by atoms with E-state index in [4.69, 9.17) is 10.8 Å². The van der Waals surface area contributed by atoms with Gasteiger partial charge in [-0.1, -0.05) is 0 Å². The number of aliphatic carboxylic acids is 1. The molecular formula is C11H13N3O5S2. The summed E-state index contributed by atoms with van der Waals surface area (Å²) in [4.78, 5) is 43.7. The minimum atomic E-state index is -1.18. The molecule has 21 heavy (non-hydrogen) atoms. The normalized spacial score (nSPS) is 11.4. The molecule has 3 amide bonds. The van der Waals surface area contributed by atoms with Gasteiger partial charge >= 0.3 is 5.97 Å². The Labute approximate surface area is 128 Å². The summed E-state index contributed by atoms with van der Waals surface area (Å²) in [5, 5.41) is 15.4. The Kier molecular flexibility index (Phi) is 6.69. The first-order valence-electron chi connectivity index (χ1n) is 5.63. The van der Waals surface area contributed by atoms with Crippen molar-refractivity contribution in [2.24, 2.45) is 5.73 Å². The van der Waals surface area contributed by atoms with Crippen molar-refractivity contribution in [1.29, 1.82) is 0 Å². The Morgan fingerprint density at radius 2 is 2.19 bits per heavy atom. The first-order chi connectivity index (χ1) is 9.95. The van der Waals surface area contributed by atoms with Gasteiger partial charge in [0.15, 0.2) is 0 Å². The van der Waals surface area contributed by atoms with Crippen LogP contribution in [0.4, 0.5) is 5.00 Å². The van der Waals surface area contributed by atoms with E-state index in [0.29, 0.717) is 11.4 Å². The molecule has 0 aliphatic rings. The maximum Gasteiger partial charge on any atom is 0.327 e. The number of hydrogen-bond donors (Lipinski definition) is 4. The lowest BCUT2D eigenvalue weighted by Gasteiger charge is -2.10. The molecule has 0 saturated carbocycles. The Morgan fingerprint density at radius 1 is 1.48 bits per heavy atom. The van der Waals surface area contributed by atoms with E-state index < -0.39 is 17.9 Å². The summed E-state index contributed by atoms with van der Waals surface area (Å²) in [5.74, 6) is -2.17. The molecule has 0 aliphatic carbocycles. The number of anilines is 1. The van der Waals surface area contributed by atoms with Gasteiger partial charge in [0.1, 0.15) is 11.0 Å². The molecule has 1 aromatic heterocycles. The molecule has 0 aliphatic heterocycles. The number of nitrogens with one attached hydrogen (secondary N) is 2. The molecular weight excluding hydrogens is 318 g/mol. The molecule has 1 atom stereocenters. The molecule has 114 valence electrons. The SMILES string of the molecule is NC(=O)c1ccsc1NC(=O)CSCC(NC=O)C(=O)O. The van der Waals surface area contributed by atoms with Crippen LogP contribution in [0.5, 0.6) is 0 Å². The van der Waals surface area contributed by atoms with Crippen LogP contribution < -0.4 is 16.4 Å². The minimum Gasteiger partial charge on any atom is -0.480 e. The number of hydrogen-bond acceptors (Lipinski definition) is 6. The predicted octanol–water partition coefficient (Wildman–Crippen LogP) is -0.282. The van der Waals surface area contributed by atoms with Crippen LogP contribution in [-0.4, -0.2) is 46.8 Å². The molecule has 1 rings (SSSR count). The number of rotatable bonds is 9. The topological polar surface area (TPSA) is 139 Å². The zero-order chi connectivity index (χ0) is 15.8. The highest BCUT2D eigenvalue weighted by atomic mass is 32.2. The predicted molar refractivity (Wildman–Crippen MR) is 79.4 cm³/mol. The maximum atomic E-state index is 11.7. The third-order valence-corrected chi connectivity index (χ3v) is 4.13. The second-order valence-corrected chi connectivity index (χ2v) is 5.71. The van der Waals surface area contributed by atoms with Gasteiger partial charge in [0, 0.05) is 5.75 Å². The van der Waals surface area contributed by atoms with Gasteiger partial charge in [0.05, 0.1) is 11.3 Å². The largest absolute Gasteiger partial charge is 0.480 e. The van der Waals surface area contributed by atoms with Gasteiger partial charge < -0.3 is 21.5 Å². The van der Waals surface area contributed by atoms with Crippen molar-refractivity contribution in [2.45, 2.75) is 6.04 Å². The highest BCUT2D eigenvalue weighted by molar-refractivity contribution is 8.00. The van der Waals surface area contributed by atoms with Crippen molar-refractivity contribution in [3.63, 3.8) is 0 Å². The number of carboxylic acids is 1. The summed E-state index contributed by atoms with van der Waals surface area (Å²) in [6.45, 7) is 0. The number of nitrogens with two attached hydrogens (primary N) is 1. The van der Waals surface area contributed by atoms with Gasteiger partial charge in [-0.25, -0.2) is 4.79 Å². The zero-order valence-corrected chi connectivity index (χ0v) is 12.3. The van der Waals surface area contributed by atoms with Crippen molar-refractivity contribution < 1.29 is 24.3 Å². The van der Waals surface area contributed by atoms with Crippen molar-refractivity contribution in [3.05, 3.63) is 17.0 Å². The number of thiophene rings is 1. The van der Waals surface area contributed by atoms with Crippen LogP contribution in [0.25, 0.3) is 0 Å². The molecule has 1 aromatic rings. The van der Waals surface area contributed by atoms with Crippen LogP contribution in [0.1, 0.15) is 10.4 Å². The second kappa shape index (κ2) is 8.27. The van der Waals surface area contributed by atoms with Crippen molar-refractivity contribution in [2.75, 3.05) is 16.8 Å². The number of primary amides is 1. The molecule has 0 spiro atoms. The van der Waals surface area contributed by atoms with Crippen molar-refractivity contribution in [1.82, 2.24) is 5.32 Å². The molecule has 8 nitrogen and oxygen atoms in total. The number of amides is 3. The van der Waals surface area contributed by atoms with Crippen LogP contribution in [0.2, 0.25) is 0 Å².